The molecule has 1 heterocycles. The molecule has 3 rings (SSSR count). The summed E-state index contributed by atoms with van der Waals surface area (Å²) in [6.07, 6.45) is 1.61. The van der Waals surface area contributed by atoms with Gasteiger partial charge < -0.3 is 10.3 Å². The fraction of sp³-hybridized carbons (Fsp3) is 0.0526. The van der Waals surface area contributed by atoms with Crippen molar-refractivity contribution < 1.29 is 4.79 Å². The summed E-state index contributed by atoms with van der Waals surface area (Å²) in [6.45, 7) is 1.91. The highest BCUT2D eigenvalue weighted by Gasteiger charge is 2.13. The second-order valence-corrected chi connectivity index (χ2v) is 5.78. The Kier molecular flexibility index (Phi) is 4.37. The van der Waals surface area contributed by atoms with Crippen LogP contribution >= 0.6 is 11.6 Å². The van der Waals surface area contributed by atoms with E-state index in [-0.39, 0.29) is 5.57 Å². The summed E-state index contributed by atoms with van der Waals surface area (Å²) in [5.41, 5.74) is 3.28. The third-order valence-electron chi connectivity index (χ3n) is 3.68. The number of rotatable bonds is 3. The summed E-state index contributed by atoms with van der Waals surface area (Å²) < 4.78 is 0. The van der Waals surface area contributed by atoms with Gasteiger partial charge in [-0.25, -0.2) is 0 Å². The van der Waals surface area contributed by atoms with Gasteiger partial charge in [0.25, 0.3) is 5.91 Å². The molecule has 5 heteroatoms. The minimum Gasteiger partial charge on any atom is -0.358 e. The Labute approximate surface area is 144 Å². The highest BCUT2D eigenvalue weighted by atomic mass is 35.5. The zero-order valence-corrected chi connectivity index (χ0v) is 13.7. The molecule has 0 aliphatic heterocycles. The maximum Gasteiger partial charge on any atom is 0.266 e. The van der Waals surface area contributed by atoms with E-state index in [2.05, 4.69) is 10.3 Å². The summed E-state index contributed by atoms with van der Waals surface area (Å²) in [4.78, 5) is 15.6. The molecule has 118 valence electrons. The van der Waals surface area contributed by atoms with E-state index in [1.54, 1.807) is 30.3 Å². The van der Waals surface area contributed by atoms with Crippen LogP contribution in [0.5, 0.6) is 0 Å². The Hall–Kier alpha value is -3.03. The van der Waals surface area contributed by atoms with E-state index in [1.165, 1.54) is 0 Å². The smallest absolute Gasteiger partial charge is 0.266 e. The number of aromatic nitrogens is 1. The molecule has 24 heavy (non-hydrogen) atoms. The van der Waals surface area contributed by atoms with Crippen LogP contribution in [-0.2, 0) is 4.79 Å². The van der Waals surface area contributed by atoms with Crippen molar-refractivity contribution in [3.05, 3.63) is 70.4 Å². The minimum atomic E-state index is -0.468. The number of nitrogens with zero attached hydrogens (tertiary/aromatic N) is 1. The molecular weight excluding hydrogens is 322 g/mol. The van der Waals surface area contributed by atoms with Gasteiger partial charge in [0.1, 0.15) is 11.6 Å². The first-order valence-corrected chi connectivity index (χ1v) is 7.72. The van der Waals surface area contributed by atoms with Crippen molar-refractivity contribution in [1.29, 1.82) is 5.26 Å². The number of hydrogen-bond acceptors (Lipinski definition) is 2. The van der Waals surface area contributed by atoms with Crippen LogP contribution in [0.4, 0.5) is 5.69 Å². The summed E-state index contributed by atoms with van der Waals surface area (Å²) in [5, 5.41) is 13.6. The Morgan fingerprint density at radius 1 is 1.25 bits per heavy atom. The van der Waals surface area contributed by atoms with Crippen molar-refractivity contribution >= 4 is 40.2 Å². The highest BCUT2D eigenvalue weighted by Crippen LogP contribution is 2.24. The molecule has 0 radical (unpaired) electrons. The Balaban J connectivity index is 1.95. The fourth-order valence-electron chi connectivity index (χ4n) is 2.54. The molecule has 4 nitrogen and oxygen atoms in total. The van der Waals surface area contributed by atoms with Crippen LogP contribution < -0.4 is 5.32 Å². The summed E-state index contributed by atoms with van der Waals surface area (Å²) in [6, 6.07) is 16.5. The number of carbonyl (C=O) groups excluding carboxylic acids is 1. The molecule has 0 aliphatic rings. The Morgan fingerprint density at radius 2 is 2.04 bits per heavy atom. The first-order valence-electron chi connectivity index (χ1n) is 7.34. The topological polar surface area (TPSA) is 68.7 Å². The van der Waals surface area contributed by atoms with Crippen molar-refractivity contribution in [3.8, 4) is 6.07 Å². The summed E-state index contributed by atoms with van der Waals surface area (Å²) >= 11 is 5.91. The molecule has 1 amide bonds. The molecule has 0 fully saturated rings. The summed E-state index contributed by atoms with van der Waals surface area (Å²) in [7, 11) is 0. The molecule has 0 aliphatic carbocycles. The number of nitrogens with one attached hydrogen (secondary N) is 2. The lowest BCUT2D eigenvalue weighted by molar-refractivity contribution is -0.112. The number of halogens is 1. The molecule has 0 bridgehead atoms. The van der Waals surface area contributed by atoms with Crippen molar-refractivity contribution in [1.82, 2.24) is 4.98 Å². The number of carbonyl (C=O) groups is 1. The van der Waals surface area contributed by atoms with Gasteiger partial charge in [-0.3, -0.25) is 4.79 Å². The normalized spacial score (nSPS) is 11.3. The van der Waals surface area contributed by atoms with E-state index < -0.39 is 5.91 Å². The number of para-hydroxylation sites is 1. The van der Waals surface area contributed by atoms with Crippen molar-refractivity contribution in [2.24, 2.45) is 0 Å². The number of hydrogen-bond donors (Lipinski definition) is 2. The van der Waals surface area contributed by atoms with Crippen LogP contribution in [0.15, 0.2) is 54.1 Å². The van der Waals surface area contributed by atoms with Gasteiger partial charge >= 0.3 is 0 Å². The maximum absolute atomic E-state index is 12.4. The number of fused-ring (bicyclic) bond motifs is 1. The minimum absolute atomic E-state index is 0.0304. The van der Waals surface area contributed by atoms with Gasteiger partial charge in [0.15, 0.2) is 0 Å². The van der Waals surface area contributed by atoms with E-state index >= 15 is 0 Å². The van der Waals surface area contributed by atoms with Gasteiger partial charge in [0.2, 0.25) is 0 Å². The molecule has 2 aromatic carbocycles. The molecule has 0 atom stereocenters. The van der Waals surface area contributed by atoms with Gasteiger partial charge in [-0.2, -0.15) is 5.26 Å². The lowest BCUT2D eigenvalue weighted by atomic mass is 10.1. The van der Waals surface area contributed by atoms with Crippen LogP contribution in [0.1, 0.15) is 11.3 Å². The largest absolute Gasteiger partial charge is 0.358 e. The van der Waals surface area contributed by atoms with Crippen LogP contribution in [-0.4, -0.2) is 10.9 Å². The number of benzene rings is 2. The van der Waals surface area contributed by atoms with Gasteiger partial charge in [-0.1, -0.05) is 35.9 Å². The lowest BCUT2D eigenvalue weighted by Gasteiger charge is -2.04. The number of nitriles is 1. The highest BCUT2D eigenvalue weighted by molar-refractivity contribution is 6.31. The number of amides is 1. The van der Waals surface area contributed by atoms with E-state index in [0.29, 0.717) is 10.7 Å². The van der Waals surface area contributed by atoms with Crippen LogP contribution in [0.3, 0.4) is 0 Å². The number of aryl methyl sites for hydroxylation is 1. The Morgan fingerprint density at radius 3 is 2.79 bits per heavy atom. The third kappa shape index (κ3) is 3.17. The molecule has 1 aromatic heterocycles. The standard InChI is InChI=1S/C19H14ClN3O/c1-12-17(16-7-2-3-8-18(16)22-12)9-13(11-21)19(24)23-15-6-4-5-14(20)10-15/h2-10,22H,1H3,(H,23,24)/b13-9+. The zero-order chi connectivity index (χ0) is 17.1. The van der Waals surface area contributed by atoms with Gasteiger partial charge in [-0.05, 0) is 37.3 Å². The second-order valence-electron chi connectivity index (χ2n) is 5.34. The predicted molar refractivity (Wildman–Crippen MR) is 96.7 cm³/mol. The van der Waals surface area contributed by atoms with E-state index in [0.717, 1.165) is 22.2 Å². The van der Waals surface area contributed by atoms with E-state index in [1.807, 2.05) is 37.3 Å². The maximum atomic E-state index is 12.4. The molecule has 3 aromatic rings. The number of aromatic amines is 1. The van der Waals surface area contributed by atoms with E-state index in [9.17, 15) is 10.1 Å². The van der Waals surface area contributed by atoms with Crippen molar-refractivity contribution in [2.45, 2.75) is 6.92 Å². The second kappa shape index (κ2) is 6.61. The average Bonchev–Trinajstić information content (AvgIpc) is 2.87. The molecule has 2 N–H and O–H groups in total. The van der Waals surface area contributed by atoms with Gasteiger partial charge in [-0.15, -0.1) is 0 Å². The molecule has 0 spiro atoms. The first kappa shape index (κ1) is 15.9. The molecular formula is C19H14ClN3O. The number of anilines is 1. The van der Waals surface area contributed by atoms with Crippen molar-refractivity contribution in [2.75, 3.05) is 5.32 Å². The van der Waals surface area contributed by atoms with Crippen LogP contribution in [0.2, 0.25) is 5.02 Å². The van der Waals surface area contributed by atoms with E-state index in [4.69, 9.17) is 11.6 Å². The van der Waals surface area contributed by atoms with Crippen LogP contribution in [0.25, 0.3) is 17.0 Å². The Bertz CT molecular complexity index is 995. The van der Waals surface area contributed by atoms with Gasteiger partial charge in [0.05, 0.1) is 0 Å². The quantitative estimate of drug-likeness (QED) is 0.539. The summed E-state index contributed by atoms with van der Waals surface area (Å²) in [5.74, 6) is -0.468. The number of H-pyrrole nitrogens is 1. The third-order valence-corrected chi connectivity index (χ3v) is 3.91. The van der Waals surface area contributed by atoms with Crippen molar-refractivity contribution in [3.63, 3.8) is 0 Å². The molecule has 0 unspecified atom stereocenters. The molecule has 0 saturated heterocycles. The van der Waals surface area contributed by atoms with Crippen LogP contribution in [0, 0.1) is 18.3 Å². The zero-order valence-electron chi connectivity index (χ0n) is 12.9. The lowest BCUT2D eigenvalue weighted by Crippen LogP contribution is -2.13. The molecule has 0 saturated carbocycles. The fourth-order valence-corrected chi connectivity index (χ4v) is 2.73. The van der Waals surface area contributed by atoms with Gasteiger partial charge in [0, 0.05) is 32.9 Å². The monoisotopic (exact) mass is 335 g/mol. The SMILES string of the molecule is Cc1[nH]c2ccccc2c1/C=C(\C#N)C(=O)Nc1cccc(Cl)c1. The average molecular weight is 336 g/mol. The predicted octanol–water partition coefficient (Wildman–Crippen LogP) is 4.68. The first-order chi connectivity index (χ1) is 11.6.